The smallest absolute Gasteiger partial charge is 0.324 e. The number of imide groups is 1. The zero-order chi connectivity index (χ0) is 15.9. The van der Waals surface area contributed by atoms with Crippen molar-refractivity contribution >= 4 is 11.8 Å². The molecule has 0 N–H and O–H groups in total. The Morgan fingerprint density at radius 3 is 2.27 bits per heavy atom. The number of fused-ring (bicyclic) bond motifs is 1. The van der Waals surface area contributed by atoms with Crippen LogP contribution in [-0.4, -0.2) is 32.4 Å². The molecule has 0 radical (unpaired) electrons. The summed E-state index contributed by atoms with van der Waals surface area (Å²) < 4.78 is 38.4. The summed E-state index contributed by atoms with van der Waals surface area (Å²) >= 11 is 0. The van der Waals surface area contributed by atoms with E-state index in [1.54, 1.807) is 0 Å². The Morgan fingerprint density at radius 2 is 1.73 bits per heavy atom. The van der Waals surface area contributed by atoms with Crippen LogP contribution in [-0.2, 0) is 22.7 Å². The number of hydrogen-bond donors (Lipinski definition) is 0. The maximum absolute atomic E-state index is 12.5. The fourth-order valence-electron chi connectivity index (χ4n) is 3.00. The van der Waals surface area contributed by atoms with Crippen molar-refractivity contribution in [3.05, 3.63) is 30.4 Å². The molecule has 0 aromatic carbocycles. The number of rotatable bonds is 3. The first-order valence-corrected chi connectivity index (χ1v) is 6.94. The number of amides is 2. The van der Waals surface area contributed by atoms with Gasteiger partial charge in [-0.2, -0.15) is 13.2 Å². The van der Waals surface area contributed by atoms with E-state index in [2.05, 4.69) is 4.98 Å². The van der Waals surface area contributed by atoms with Gasteiger partial charge >= 0.3 is 6.18 Å². The Kier molecular flexibility index (Phi) is 3.54. The highest BCUT2D eigenvalue weighted by atomic mass is 19.4. The molecule has 1 fully saturated rings. The molecule has 2 heterocycles. The summed E-state index contributed by atoms with van der Waals surface area (Å²) in [6.45, 7) is -1.40. The summed E-state index contributed by atoms with van der Waals surface area (Å²) in [5, 5.41) is 0. The molecular formula is C14H14F3N3O2. The second kappa shape index (κ2) is 5.26. The number of allylic oxidation sites excluding steroid dienone is 2. The molecule has 2 aliphatic rings. The van der Waals surface area contributed by atoms with Gasteiger partial charge in [-0.1, -0.05) is 12.2 Å². The van der Waals surface area contributed by atoms with Crippen molar-refractivity contribution in [2.45, 2.75) is 32.1 Å². The third-order valence-electron chi connectivity index (χ3n) is 4.05. The summed E-state index contributed by atoms with van der Waals surface area (Å²) in [6, 6.07) is 0. The minimum Gasteiger partial charge on any atom is -0.324 e. The Morgan fingerprint density at radius 1 is 1.14 bits per heavy atom. The van der Waals surface area contributed by atoms with Crippen LogP contribution in [0, 0.1) is 11.8 Å². The Balaban J connectivity index is 1.78. The summed E-state index contributed by atoms with van der Waals surface area (Å²) in [5.74, 6) is -1.35. The lowest BCUT2D eigenvalue weighted by atomic mass is 9.85. The summed E-state index contributed by atoms with van der Waals surface area (Å²) in [6.07, 6.45) is 2.78. The lowest BCUT2D eigenvalue weighted by molar-refractivity contribution is -0.142. The molecular weight excluding hydrogens is 299 g/mol. The largest absolute Gasteiger partial charge is 0.406 e. The van der Waals surface area contributed by atoms with Gasteiger partial charge in [0.1, 0.15) is 12.4 Å². The van der Waals surface area contributed by atoms with E-state index >= 15 is 0 Å². The van der Waals surface area contributed by atoms with Crippen LogP contribution in [0.4, 0.5) is 13.2 Å². The lowest BCUT2D eigenvalue weighted by Gasteiger charge is -2.16. The number of carbonyl (C=O) groups is 2. The quantitative estimate of drug-likeness (QED) is 0.632. The molecule has 118 valence electrons. The molecule has 2 atom stereocenters. The van der Waals surface area contributed by atoms with Gasteiger partial charge < -0.3 is 4.57 Å². The Labute approximate surface area is 124 Å². The summed E-state index contributed by atoms with van der Waals surface area (Å²) in [7, 11) is 0. The van der Waals surface area contributed by atoms with Crippen molar-refractivity contribution in [1.29, 1.82) is 0 Å². The van der Waals surface area contributed by atoms with Gasteiger partial charge in [0, 0.05) is 12.4 Å². The third kappa shape index (κ3) is 2.65. The van der Waals surface area contributed by atoms with E-state index in [-0.39, 0.29) is 36.0 Å². The van der Waals surface area contributed by atoms with Crippen molar-refractivity contribution in [1.82, 2.24) is 14.5 Å². The SMILES string of the molecule is O=C1C2CC=CCC2C(=O)N1Cc1nccn1CC(F)(F)F. The van der Waals surface area contributed by atoms with E-state index in [9.17, 15) is 22.8 Å². The Bertz CT molecular complexity index is 610. The molecule has 2 amide bonds. The van der Waals surface area contributed by atoms with Crippen molar-refractivity contribution < 1.29 is 22.8 Å². The first-order chi connectivity index (χ1) is 10.4. The number of halogens is 3. The second-order valence-corrected chi connectivity index (χ2v) is 5.50. The lowest BCUT2D eigenvalue weighted by Crippen LogP contribution is -2.32. The average molecular weight is 313 g/mol. The van der Waals surface area contributed by atoms with Gasteiger partial charge in [0.2, 0.25) is 11.8 Å². The normalized spacial score (nSPS) is 25.0. The molecule has 0 bridgehead atoms. The molecule has 1 aromatic rings. The minimum atomic E-state index is -4.38. The van der Waals surface area contributed by atoms with Gasteiger partial charge in [-0.15, -0.1) is 0 Å². The first-order valence-electron chi connectivity index (χ1n) is 6.94. The van der Waals surface area contributed by atoms with Gasteiger partial charge in [-0.25, -0.2) is 4.98 Å². The van der Waals surface area contributed by atoms with Crippen LogP contribution >= 0.6 is 0 Å². The molecule has 0 saturated carbocycles. The highest BCUT2D eigenvalue weighted by Crippen LogP contribution is 2.35. The van der Waals surface area contributed by atoms with Gasteiger partial charge in [0.05, 0.1) is 18.4 Å². The van der Waals surface area contributed by atoms with Crippen molar-refractivity contribution in [2.24, 2.45) is 11.8 Å². The molecule has 2 unspecified atom stereocenters. The fourth-order valence-corrected chi connectivity index (χ4v) is 3.00. The predicted octanol–water partition coefficient (Wildman–Crippen LogP) is 1.90. The number of likely N-dealkylation sites (tertiary alicyclic amines) is 1. The van der Waals surface area contributed by atoms with Crippen LogP contribution in [0.5, 0.6) is 0 Å². The van der Waals surface area contributed by atoms with E-state index in [0.29, 0.717) is 12.8 Å². The molecule has 1 aliphatic carbocycles. The fraction of sp³-hybridized carbons (Fsp3) is 0.500. The number of alkyl halides is 3. The van der Waals surface area contributed by atoms with Crippen LogP contribution in [0.3, 0.4) is 0 Å². The summed E-state index contributed by atoms with van der Waals surface area (Å²) in [4.78, 5) is 29.5. The van der Waals surface area contributed by atoms with Crippen LogP contribution < -0.4 is 0 Å². The minimum absolute atomic E-state index is 0.0608. The Hall–Kier alpha value is -2.12. The van der Waals surface area contributed by atoms with Gasteiger partial charge in [-0.3, -0.25) is 14.5 Å². The van der Waals surface area contributed by atoms with E-state index < -0.39 is 12.7 Å². The molecule has 5 nitrogen and oxygen atoms in total. The molecule has 8 heteroatoms. The molecule has 1 aliphatic heterocycles. The van der Waals surface area contributed by atoms with Gasteiger partial charge in [0.25, 0.3) is 0 Å². The average Bonchev–Trinajstić information content (AvgIpc) is 2.97. The highest BCUT2D eigenvalue weighted by molar-refractivity contribution is 6.05. The van der Waals surface area contributed by atoms with E-state index in [0.717, 1.165) is 9.47 Å². The van der Waals surface area contributed by atoms with Crippen LogP contribution in [0.2, 0.25) is 0 Å². The number of hydrogen-bond acceptors (Lipinski definition) is 3. The van der Waals surface area contributed by atoms with Gasteiger partial charge in [-0.05, 0) is 12.8 Å². The molecule has 1 aromatic heterocycles. The molecule has 22 heavy (non-hydrogen) atoms. The maximum atomic E-state index is 12.5. The third-order valence-corrected chi connectivity index (χ3v) is 4.05. The van der Waals surface area contributed by atoms with Crippen molar-refractivity contribution in [3.63, 3.8) is 0 Å². The molecule has 0 spiro atoms. The molecule has 3 rings (SSSR count). The van der Waals surface area contributed by atoms with E-state index in [4.69, 9.17) is 0 Å². The topological polar surface area (TPSA) is 55.2 Å². The second-order valence-electron chi connectivity index (χ2n) is 5.50. The van der Waals surface area contributed by atoms with Crippen LogP contribution in [0.1, 0.15) is 18.7 Å². The number of aromatic nitrogens is 2. The summed E-state index contributed by atoms with van der Waals surface area (Å²) in [5.41, 5.74) is 0. The van der Waals surface area contributed by atoms with Crippen LogP contribution in [0.15, 0.2) is 24.5 Å². The van der Waals surface area contributed by atoms with E-state index in [1.165, 1.54) is 12.4 Å². The van der Waals surface area contributed by atoms with Crippen molar-refractivity contribution in [3.8, 4) is 0 Å². The monoisotopic (exact) mass is 313 g/mol. The zero-order valence-corrected chi connectivity index (χ0v) is 11.6. The maximum Gasteiger partial charge on any atom is 0.406 e. The van der Waals surface area contributed by atoms with E-state index in [1.807, 2.05) is 12.2 Å². The number of carbonyl (C=O) groups excluding carboxylic acids is 2. The zero-order valence-electron chi connectivity index (χ0n) is 11.6. The predicted molar refractivity (Wildman–Crippen MR) is 69.2 cm³/mol. The standard InChI is InChI=1S/C14H14F3N3O2/c15-14(16,17)8-19-6-5-18-11(19)7-20-12(21)9-3-1-2-4-10(9)13(20)22/h1-2,5-6,9-10H,3-4,7-8H2. The highest BCUT2D eigenvalue weighted by Gasteiger charge is 2.47. The van der Waals surface area contributed by atoms with Crippen molar-refractivity contribution in [2.75, 3.05) is 0 Å². The number of imidazole rings is 1. The van der Waals surface area contributed by atoms with Gasteiger partial charge in [0.15, 0.2) is 0 Å². The number of nitrogens with zero attached hydrogens (tertiary/aromatic N) is 3. The van der Waals surface area contributed by atoms with Crippen LogP contribution in [0.25, 0.3) is 0 Å². The molecule has 1 saturated heterocycles. The first kappa shape index (κ1) is 14.8.